The van der Waals surface area contributed by atoms with Crippen LogP contribution in [0.4, 0.5) is 20.2 Å². The van der Waals surface area contributed by atoms with E-state index in [1.54, 1.807) is 12.3 Å². The molecule has 2 aliphatic rings. The Morgan fingerprint density at radius 1 is 1.12 bits per heavy atom. The van der Waals surface area contributed by atoms with E-state index in [1.165, 1.54) is 24.3 Å². The quantitative estimate of drug-likeness (QED) is 0.407. The largest absolute Gasteiger partial charge is 0.487 e. The second kappa shape index (κ2) is 11.1. The van der Waals surface area contributed by atoms with Crippen LogP contribution in [0.5, 0.6) is 5.75 Å². The van der Waals surface area contributed by atoms with Gasteiger partial charge in [0.05, 0.1) is 11.4 Å². The van der Waals surface area contributed by atoms with Gasteiger partial charge in [0.2, 0.25) is 5.91 Å². The number of H-pyrrole nitrogens is 1. The Labute approximate surface area is 236 Å². The molecule has 0 spiro atoms. The molecule has 40 heavy (non-hydrogen) atoms. The molecule has 0 saturated carbocycles. The van der Waals surface area contributed by atoms with Crippen LogP contribution in [0.1, 0.15) is 29.8 Å². The van der Waals surface area contributed by atoms with E-state index < -0.39 is 5.57 Å². The molecule has 0 radical (unpaired) electrons. The van der Waals surface area contributed by atoms with E-state index in [0.29, 0.717) is 30.8 Å². The minimum atomic E-state index is -3.83. The predicted octanol–water partition coefficient (Wildman–Crippen LogP) is 4.41. The lowest BCUT2D eigenvalue weighted by molar-refractivity contribution is -0.134. The van der Waals surface area contributed by atoms with Crippen molar-refractivity contribution in [2.75, 3.05) is 43.4 Å². The summed E-state index contributed by atoms with van der Waals surface area (Å²) in [6.45, 7) is 7.15. The van der Waals surface area contributed by atoms with Gasteiger partial charge in [0.15, 0.2) is 0 Å². The van der Waals surface area contributed by atoms with Crippen molar-refractivity contribution in [3.8, 4) is 17.0 Å². The predicted molar refractivity (Wildman–Crippen MR) is 149 cm³/mol. The molecule has 9 nitrogen and oxygen atoms in total. The van der Waals surface area contributed by atoms with Gasteiger partial charge in [0, 0.05) is 73.3 Å². The number of nitrogens with zero attached hydrogens (tertiary/aromatic N) is 4. The molecular weight excluding hydrogens is 542 g/mol. The summed E-state index contributed by atoms with van der Waals surface area (Å²) in [5.74, 6) is -0.434. The standard InChI is InChI=1S/C28H31ClF2N6O3/c1-17(2)37-24(27(39)36-12-10-35(3)11-13-36)16-18-14-19(15-22(25(18)37)23-8-9-32-34-23)26(38)33-20-4-6-21(7-5-20)40-28(29,30)31/h4-9,14-15,17,24H,10-13,16H2,1-3H3,(H,32,34)(H,33,38). The van der Waals surface area contributed by atoms with Gasteiger partial charge < -0.3 is 24.8 Å². The van der Waals surface area contributed by atoms with E-state index >= 15 is 0 Å². The third kappa shape index (κ3) is 5.90. The average molecular weight is 573 g/mol. The van der Waals surface area contributed by atoms with E-state index in [4.69, 9.17) is 11.6 Å². The molecule has 1 aromatic heterocycles. The number of carbonyl (C=O) groups excluding carboxylic acids is 2. The third-order valence-electron chi connectivity index (χ3n) is 7.25. The fourth-order valence-electron chi connectivity index (χ4n) is 5.37. The number of hydrogen-bond donors (Lipinski definition) is 2. The first-order chi connectivity index (χ1) is 19.0. The normalized spacial score (nSPS) is 17.7. The van der Waals surface area contributed by atoms with Gasteiger partial charge in [-0.25, -0.2) is 0 Å². The van der Waals surface area contributed by atoms with Gasteiger partial charge in [-0.15, -0.1) is 8.78 Å². The third-order valence-corrected chi connectivity index (χ3v) is 7.33. The van der Waals surface area contributed by atoms with Crippen molar-refractivity contribution in [3.05, 3.63) is 59.8 Å². The number of piperazine rings is 1. The maximum absolute atomic E-state index is 13.8. The molecule has 12 heteroatoms. The SMILES string of the molecule is CC(C)N1c2c(cc(C(=O)Nc3ccc(OC(F)(F)Cl)cc3)cc2-c2ccn[nH]2)CC1C(=O)N1CCN(C)CC1. The van der Waals surface area contributed by atoms with Crippen LogP contribution in [-0.2, 0) is 11.2 Å². The zero-order valence-electron chi connectivity index (χ0n) is 22.5. The van der Waals surface area contributed by atoms with E-state index in [0.717, 1.165) is 35.6 Å². The molecule has 3 aromatic rings. The molecule has 1 fully saturated rings. The maximum atomic E-state index is 13.8. The van der Waals surface area contributed by atoms with Gasteiger partial charge >= 0.3 is 5.57 Å². The zero-order chi connectivity index (χ0) is 28.6. The summed E-state index contributed by atoms with van der Waals surface area (Å²) >= 11 is 4.82. The topological polar surface area (TPSA) is 93.8 Å². The number of ether oxygens (including phenoxy) is 1. The van der Waals surface area contributed by atoms with Gasteiger partial charge in [0.1, 0.15) is 11.8 Å². The smallest absolute Gasteiger partial charge is 0.420 e. The van der Waals surface area contributed by atoms with Crippen LogP contribution in [0.15, 0.2) is 48.7 Å². The number of benzene rings is 2. The van der Waals surface area contributed by atoms with Crippen molar-refractivity contribution in [2.24, 2.45) is 0 Å². The van der Waals surface area contributed by atoms with Crippen LogP contribution < -0.4 is 15.0 Å². The van der Waals surface area contributed by atoms with Crippen LogP contribution in [0.25, 0.3) is 11.3 Å². The highest BCUT2D eigenvalue weighted by Crippen LogP contribution is 2.43. The van der Waals surface area contributed by atoms with E-state index in [9.17, 15) is 18.4 Å². The fraction of sp³-hybridized carbons (Fsp3) is 0.393. The zero-order valence-corrected chi connectivity index (χ0v) is 23.2. The van der Waals surface area contributed by atoms with Gasteiger partial charge in [-0.05, 0) is 68.9 Å². The number of fused-ring (bicyclic) bond motifs is 1. The van der Waals surface area contributed by atoms with Crippen LogP contribution in [0, 0.1) is 0 Å². The molecule has 0 aliphatic carbocycles. The number of aromatic nitrogens is 2. The minimum Gasteiger partial charge on any atom is -0.420 e. The number of amides is 2. The van der Waals surface area contributed by atoms with Crippen molar-refractivity contribution in [1.82, 2.24) is 20.0 Å². The van der Waals surface area contributed by atoms with E-state index in [-0.39, 0.29) is 29.6 Å². The molecular formula is C28H31ClF2N6O3. The van der Waals surface area contributed by atoms with Crippen LogP contribution in [0.3, 0.4) is 0 Å². The molecule has 212 valence electrons. The molecule has 1 saturated heterocycles. The first-order valence-corrected chi connectivity index (χ1v) is 13.5. The average Bonchev–Trinajstić information content (AvgIpc) is 3.57. The van der Waals surface area contributed by atoms with Gasteiger partial charge in [0.25, 0.3) is 5.91 Å². The summed E-state index contributed by atoms with van der Waals surface area (Å²) in [6.07, 6.45) is 2.11. The Kier molecular flexibility index (Phi) is 7.70. The summed E-state index contributed by atoms with van der Waals surface area (Å²) in [4.78, 5) is 33.4. The van der Waals surface area contributed by atoms with Crippen LogP contribution in [-0.4, -0.2) is 82.7 Å². The highest BCUT2D eigenvalue weighted by Gasteiger charge is 2.41. The summed E-state index contributed by atoms with van der Waals surface area (Å²) < 4.78 is 30.2. The van der Waals surface area contributed by atoms with Crippen molar-refractivity contribution < 1.29 is 23.1 Å². The highest BCUT2D eigenvalue weighted by molar-refractivity contribution is 6.20. The monoisotopic (exact) mass is 572 g/mol. The number of hydrogen-bond acceptors (Lipinski definition) is 6. The van der Waals surface area contributed by atoms with Gasteiger partial charge in [-0.1, -0.05) is 0 Å². The second-order valence-corrected chi connectivity index (χ2v) is 10.8. The number of carbonyl (C=O) groups is 2. The Morgan fingerprint density at radius 3 is 2.42 bits per heavy atom. The summed E-state index contributed by atoms with van der Waals surface area (Å²) in [7, 11) is 2.05. The number of rotatable bonds is 7. The van der Waals surface area contributed by atoms with Gasteiger partial charge in [-0.3, -0.25) is 14.7 Å². The first-order valence-electron chi connectivity index (χ1n) is 13.1. The van der Waals surface area contributed by atoms with Crippen molar-refractivity contribution in [3.63, 3.8) is 0 Å². The number of alkyl halides is 3. The summed E-state index contributed by atoms with van der Waals surface area (Å²) in [5.41, 5.74) is 0.269. The number of anilines is 2. The number of aromatic amines is 1. The molecule has 2 aliphatic heterocycles. The van der Waals surface area contributed by atoms with Crippen molar-refractivity contribution in [2.45, 2.75) is 37.9 Å². The maximum Gasteiger partial charge on any atom is 0.487 e. The Balaban J connectivity index is 1.45. The lowest BCUT2D eigenvalue weighted by Crippen LogP contribution is -2.55. The summed E-state index contributed by atoms with van der Waals surface area (Å²) in [5, 5.41) is 9.91. The molecule has 2 aromatic carbocycles. The summed E-state index contributed by atoms with van der Waals surface area (Å²) in [6, 6.07) is 10.6. The van der Waals surface area contributed by atoms with Gasteiger partial charge in [-0.2, -0.15) is 5.10 Å². The van der Waals surface area contributed by atoms with Crippen LogP contribution >= 0.6 is 11.6 Å². The molecule has 1 atom stereocenters. The Morgan fingerprint density at radius 2 is 1.82 bits per heavy atom. The molecule has 5 rings (SSSR count). The molecule has 0 bridgehead atoms. The number of halogens is 3. The van der Waals surface area contributed by atoms with E-state index in [2.05, 4.69) is 50.9 Å². The fourth-order valence-corrected chi connectivity index (χ4v) is 5.45. The highest BCUT2D eigenvalue weighted by atomic mass is 35.5. The minimum absolute atomic E-state index is 0.0325. The molecule has 1 unspecified atom stereocenters. The molecule has 2 amide bonds. The number of nitrogens with one attached hydrogen (secondary N) is 2. The lowest BCUT2D eigenvalue weighted by atomic mass is 9.99. The van der Waals surface area contributed by atoms with Crippen LogP contribution in [0.2, 0.25) is 0 Å². The lowest BCUT2D eigenvalue weighted by Gasteiger charge is -2.38. The van der Waals surface area contributed by atoms with Crippen molar-refractivity contribution in [1.29, 1.82) is 0 Å². The van der Waals surface area contributed by atoms with E-state index in [1.807, 2.05) is 17.0 Å². The number of likely N-dealkylation sites (N-methyl/N-ethyl adjacent to an activating group) is 1. The Bertz CT molecular complexity index is 1370. The Hall–Kier alpha value is -3.70. The molecule has 3 heterocycles. The molecule has 2 N–H and O–H groups in total. The first kappa shape index (κ1) is 27.9. The second-order valence-electron chi connectivity index (χ2n) is 10.4. The van der Waals surface area contributed by atoms with Crippen molar-refractivity contribution >= 4 is 34.8 Å².